The van der Waals surface area contributed by atoms with Gasteiger partial charge in [0.05, 0.1) is 18.6 Å². The maximum atomic E-state index is 11.7. The van der Waals surface area contributed by atoms with Crippen molar-refractivity contribution in [1.29, 1.82) is 0 Å². The maximum absolute atomic E-state index is 11.7. The van der Waals surface area contributed by atoms with Crippen LogP contribution in [0.3, 0.4) is 0 Å². The third kappa shape index (κ3) is 4.83. The first-order valence-corrected chi connectivity index (χ1v) is 10.9. The van der Waals surface area contributed by atoms with Crippen molar-refractivity contribution in [2.24, 2.45) is 35.5 Å². The molecule has 0 aromatic heterocycles. The molecule has 0 aliphatic heterocycles. The summed E-state index contributed by atoms with van der Waals surface area (Å²) in [7, 11) is 0. The Morgan fingerprint density at radius 1 is 1.26 bits per heavy atom. The molecule has 0 aromatic carbocycles. The fourth-order valence-corrected chi connectivity index (χ4v) is 5.95. The van der Waals surface area contributed by atoms with Gasteiger partial charge in [-0.25, -0.2) is 0 Å². The molecule has 3 rings (SSSR count). The van der Waals surface area contributed by atoms with E-state index < -0.39 is 5.97 Å². The first-order chi connectivity index (χ1) is 13.0. The van der Waals surface area contributed by atoms with Crippen molar-refractivity contribution in [3.05, 3.63) is 23.8 Å². The van der Waals surface area contributed by atoms with E-state index in [2.05, 4.69) is 13.0 Å². The van der Waals surface area contributed by atoms with Gasteiger partial charge in [0.2, 0.25) is 0 Å². The first-order valence-electron chi connectivity index (χ1n) is 10.9. The van der Waals surface area contributed by atoms with Crippen LogP contribution in [0.2, 0.25) is 0 Å². The molecule has 3 aliphatic rings. The first kappa shape index (κ1) is 20.6. The molecular weight excluding hydrogens is 340 g/mol. The molecule has 0 spiro atoms. The molecule has 4 nitrogen and oxygen atoms in total. The minimum absolute atomic E-state index is 0.0279. The number of fused-ring (bicyclic) bond motifs is 1. The standard InChI is InChI=1S/C23H36O4/c1-2-5-15-10-17(11-15)19(23(26)27)7-3-6-16-12-18-14-22(25)20(8-4-9-24)21(18)13-16/h4,6,8,15,17-22,24-25H,2-3,5,7,9-14H2,1H3,(H,26,27)/t15?,17?,18-,19?,20-,21+,22-/m1/s1. The second kappa shape index (κ2) is 9.38. The molecule has 0 bridgehead atoms. The molecule has 27 heavy (non-hydrogen) atoms. The average Bonchev–Trinajstić information content (AvgIpc) is 3.10. The molecule has 3 fully saturated rings. The number of aliphatic hydroxyl groups excluding tert-OH is 2. The summed E-state index contributed by atoms with van der Waals surface area (Å²) in [5, 5.41) is 28.9. The summed E-state index contributed by atoms with van der Waals surface area (Å²) in [5.74, 6) is 1.51. The lowest BCUT2D eigenvalue weighted by Gasteiger charge is -2.39. The summed E-state index contributed by atoms with van der Waals surface area (Å²) < 4.78 is 0. The second-order valence-electron chi connectivity index (χ2n) is 9.09. The van der Waals surface area contributed by atoms with E-state index in [1.807, 2.05) is 6.08 Å². The van der Waals surface area contributed by atoms with E-state index in [1.54, 1.807) is 6.08 Å². The lowest BCUT2D eigenvalue weighted by Crippen LogP contribution is -2.34. The van der Waals surface area contributed by atoms with Gasteiger partial charge in [0, 0.05) is 5.92 Å². The molecule has 5 atom stereocenters. The van der Waals surface area contributed by atoms with Crippen molar-refractivity contribution in [3.8, 4) is 0 Å². The molecule has 4 heteroatoms. The number of aliphatic carboxylic acids is 1. The van der Waals surface area contributed by atoms with E-state index in [0.717, 1.165) is 50.9 Å². The van der Waals surface area contributed by atoms with Gasteiger partial charge in [-0.3, -0.25) is 4.79 Å². The summed E-state index contributed by atoms with van der Waals surface area (Å²) in [5.41, 5.74) is 1.45. The number of hydrogen-bond acceptors (Lipinski definition) is 3. The van der Waals surface area contributed by atoms with Crippen LogP contribution in [0.4, 0.5) is 0 Å². The van der Waals surface area contributed by atoms with Crippen molar-refractivity contribution in [1.82, 2.24) is 0 Å². The lowest BCUT2D eigenvalue weighted by atomic mass is 9.66. The molecule has 0 aromatic rings. The van der Waals surface area contributed by atoms with Crippen molar-refractivity contribution in [2.75, 3.05) is 6.61 Å². The third-order valence-electron chi connectivity index (χ3n) is 7.34. The molecule has 3 saturated carbocycles. The van der Waals surface area contributed by atoms with Crippen LogP contribution < -0.4 is 0 Å². The van der Waals surface area contributed by atoms with Crippen LogP contribution in [0.15, 0.2) is 23.8 Å². The molecule has 0 saturated heterocycles. The Balaban J connectivity index is 1.49. The lowest BCUT2D eigenvalue weighted by molar-refractivity contribution is -0.146. The normalized spacial score (nSPS) is 38.3. The quantitative estimate of drug-likeness (QED) is 0.528. The van der Waals surface area contributed by atoms with Gasteiger partial charge < -0.3 is 15.3 Å². The predicted octanol–water partition coefficient (Wildman–Crippen LogP) is 4.18. The number of aliphatic hydroxyl groups is 2. The molecule has 0 heterocycles. The fourth-order valence-electron chi connectivity index (χ4n) is 5.95. The van der Waals surface area contributed by atoms with Gasteiger partial charge in [-0.05, 0) is 68.6 Å². The Labute approximate surface area is 163 Å². The zero-order chi connectivity index (χ0) is 19.4. The summed E-state index contributed by atoms with van der Waals surface area (Å²) in [4.78, 5) is 11.7. The van der Waals surface area contributed by atoms with Crippen molar-refractivity contribution < 1.29 is 20.1 Å². The fraction of sp³-hybridized carbons (Fsp3) is 0.783. The topological polar surface area (TPSA) is 77.8 Å². The zero-order valence-corrected chi connectivity index (χ0v) is 16.6. The zero-order valence-electron chi connectivity index (χ0n) is 16.6. The summed E-state index contributed by atoms with van der Waals surface area (Å²) in [6.07, 6.45) is 14.9. The molecule has 3 aliphatic carbocycles. The van der Waals surface area contributed by atoms with Crippen LogP contribution in [0, 0.1) is 35.5 Å². The van der Waals surface area contributed by atoms with Gasteiger partial charge in [-0.2, -0.15) is 0 Å². The van der Waals surface area contributed by atoms with Gasteiger partial charge in [0.25, 0.3) is 0 Å². The molecule has 1 unspecified atom stereocenters. The SMILES string of the molecule is CCCC1CC(C(CCC=C2C[C@@H]3C[C@@H](O)[C@H](C=CCO)[C@H]3C2)C(=O)O)C1. The number of rotatable bonds is 9. The summed E-state index contributed by atoms with van der Waals surface area (Å²) in [6, 6.07) is 0. The molecular formula is C23H36O4. The summed E-state index contributed by atoms with van der Waals surface area (Å²) >= 11 is 0. The average molecular weight is 377 g/mol. The highest BCUT2D eigenvalue weighted by atomic mass is 16.4. The Bertz CT molecular complexity index is 561. The highest BCUT2D eigenvalue weighted by Gasteiger charge is 2.45. The van der Waals surface area contributed by atoms with Crippen LogP contribution in [0.25, 0.3) is 0 Å². The number of carboxylic acid groups (broad SMARTS) is 1. The van der Waals surface area contributed by atoms with Gasteiger partial charge in [-0.1, -0.05) is 43.6 Å². The second-order valence-corrected chi connectivity index (χ2v) is 9.09. The smallest absolute Gasteiger partial charge is 0.306 e. The summed E-state index contributed by atoms with van der Waals surface area (Å²) in [6.45, 7) is 2.23. The maximum Gasteiger partial charge on any atom is 0.306 e. The van der Waals surface area contributed by atoms with Crippen molar-refractivity contribution >= 4 is 5.97 Å². The predicted molar refractivity (Wildman–Crippen MR) is 106 cm³/mol. The van der Waals surface area contributed by atoms with Crippen LogP contribution in [-0.2, 0) is 4.79 Å². The molecule has 0 radical (unpaired) electrons. The Morgan fingerprint density at radius 2 is 2.04 bits per heavy atom. The van der Waals surface area contributed by atoms with Crippen molar-refractivity contribution in [3.63, 3.8) is 0 Å². The highest BCUT2D eigenvalue weighted by molar-refractivity contribution is 5.70. The molecule has 0 amide bonds. The Kier molecular flexibility index (Phi) is 7.16. The number of carbonyl (C=O) groups is 1. The van der Waals surface area contributed by atoms with Crippen LogP contribution >= 0.6 is 0 Å². The molecule has 152 valence electrons. The largest absolute Gasteiger partial charge is 0.481 e. The number of carboxylic acids is 1. The van der Waals surface area contributed by atoms with E-state index >= 15 is 0 Å². The number of hydrogen-bond donors (Lipinski definition) is 3. The third-order valence-corrected chi connectivity index (χ3v) is 7.34. The Morgan fingerprint density at radius 3 is 2.70 bits per heavy atom. The minimum atomic E-state index is -0.617. The van der Waals surface area contributed by atoms with Gasteiger partial charge in [0.1, 0.15) is 0 Å². The highest BCUT2D eigenvalue weighted by Crippen LogP contribution is 2.50. The number of allylic oxidation sites excluding steroid dienone is 2. The van der Waals surface area contributed by atoms with Crippen LogP contribution in [0.5, 0.6) is 0 Å². The van der Waals surface area contributed by atoms with Crippen LogP contribution in [-0.4, -0.2) is 34.0 Å². The van der Waals surface area contributed by atoms with E-state index in [0.29, 0.717) is 17.8 Å². The van der Waals surface area contributed by atoms with E-state index in [4.69, 9.17) is 5.11 Å². The van der Waals surface area contributed by atoms with Crippen LogP contribution in [0.1, 0.15) is 64.7 Å². The monoisotopic (exact) mass is 376 g/mol. The van der Waals surface area contributed by atoms with Gasteiger partial charge in [0.15, 0.2) is 0 Å². The molecule has 3 N–H and O–H groups in total. The van der Waals surface area contributed by atoms with Crippen molar-refractivity contribution in [2.45, 2.75) is 70.8 Å². The van der Waals surface area contributed by atoms with E-state index in [1.165, 1.54) is 18.4 Å². The minimum Gasteiger partial charge on any atom is -0.481 e. The Hall–Kier alpha value is -1.13. The van der Waals surface area contributed by atoms with E-state index in [9.17, 15) is 15.0 Å². The van der Waals surface area contributed by atoms with Gasteiger partial charge >= 0.3 is 5.97 Å². The van der Waals surface area contributed by atoms with Gasteiger partial charge in [-0.15, -0.1) is 0 Å². The van der Waals surface area contributed by atoms with E-state index in [-0.39, 0.29) is 24.5 Å².